The number of hydrogen-bond donors (Lipinski definition) is 0. The van der Waals surface area contributed by atoms with Crippen molar-refractivity contribution in [3.05, 3.63) is 54.6 Å². The van der Waals surface area contributed by atoms with Crippen LogP contribution in [0.2, 0.25) is 0 Å². The minimum Gasteiger partial charge on any atom is -0.455 e. The zero-order chi connectivity index (χ0) is 13.9. The van der Waals surface area contributed by atoms with Gasteiger partial charge in [0.15, 0.2) is 5.75 Å². The molecule has 1 aliphatic carbocycles. The first-order valence-corrected chi connectivity index (χ1v) is 6.85. The van der Waals surface area contributed by atoms with E-state index in [1.807, 2.05) is 61.6 Å². The largest absolute Gasteiger partial charge is 0.455 e. The molecule has 20 heavy (non-hydrogen) atoms. The Morgan fingerprint density at radius 3 is 2.40 bits per heavy atom. The van der Waals surface area contributed by atoms with E-state index in [1.54, 1.807) is 4.90 Å². The number of hydrogen-bond acceptors (Lipinski definition) is 2. The lowest BCUT2D eigenvalue weighted by molar-refractivity contribution is -0.119. The van der Waals surface area contributed by atoms with Gasteiger partial charge in [-0.1, -0.05) is 30.3 Å². The third kappa shape index (κ3) is 2.67. The molecule has 0 aliphatic heterocycles. The van der Waals surface area contributed by atoms with Crippen LogP contribution in [0.3, 0.4) is 0 Å². The van der Waals surface area contributed by atoms with Gasteiger partial charge in [0.25, 0.3) is 0 Å². The molecule has 0 bridgehead atoms. The predicted molar refractivity (Wildman–Crippen MR) is 79.1 cm³/mol. The highest BCUT2D eigenvalue weighted by atomic mass is 16.5. The van der Waals surface area contributed by atoms with Crippen LogP contribution in [0.1, 0.15) is 12.8 Å². The maximum atomic E-state index is 12.2. The monoisotopic (exact) mass is 267 g/mol. The fourth-order valence-corrected chi connectivity index (χ4v) is 2.16. The Labute approximate surface area is 118 Å². The van der Waals surface area contributed by atoms with Crippen LogP contribution in [0, 0.1) is 5.92 Å². The second-order valence-electron chi connectivity index (χ2n) is 5.05. The molecule has 3 rings (SSSR count). The number of para-hydroxylation sites is 3. The van der Waals surface area contributed by atoms with Gasteiger partial charge in [-0.25, -0.2) is 0 Å². The zero-order valence-electron chi connectivity index (χ0n) is 11.5. The van der Waals surface area contributed by atoms with E-state index in [-0.39, 0.29) is 11.8 Å². The summed E-state index contributed by atoms with van der Waals surface area (Å²) >= 11 is 0. The Balaban J connectivity index is 1.86. The number of nitrogens with zero attached hydrogens (tertiary/aromatic N) is 1. The Kier molecular flexibility index (Phi) is 3.42. The van der Waals surface area contributed by atoms with Gasteiger partial charge in [-0.2, -0.15) is 0 Å². The van der Waals surface area contributed by atoms with E-state index in [4.69, 9.17) is 4.74 Å². The van der Waals surface area contributed by atoms with Gasteiger partial charge in [0.05, 0.1) is 5.69 Å². The highest BCUT2D eigenvalue weighted by Gasteiger charge is 2.33. The van der Waals surface area contributed by atoms with Gasteiger partial charge in [-0.3, -0.25) is 4.79 Å². The van der Waals surface area contributed by atoms with Gasteiger partial charge in [-0.15, -0.1) is 0 Å². The first kappa shape index (κ1) is 12.7. The van der Waals surface area contributed by atoms with Crippen molar-refractivity contribution in [3.63, 3.8) is 0 Å². The fourth-order valence-electron chi connectivity index (χ4n) is 2.16. The number of anilines is 1. The topological polar surface area (TPSA) is 29.5 Å². The molecule has 0 aromatic heterocycles. The van der Waals surface area contributed by atoms with E-state index < -0.39 is 0 Å². The van der Waals surface area contributed by atoms with Crippen LogP contribution in [0.4, 0.5) is 5.69 Å². The van der Waals surface area contributed by atoms with Crippen molar-refractivity contribution < 1.29 is 9.53 Å². The summed E-state index contributed by atoms with van der Waals surface area (Å²) in [6.07, 6.45) is 2.01. The van der Waals surface area contributed by atoms with Gasteiger partial charge in [0.2, 0.25) is 5.91 Å². The van der Waals surface area contributed by atoms with Crippen molar-refractivity contribution in [2.24, 2.45) is 5.92 Å². The van der Waals surface area contributed by atoms with Crippen LogP contribution in [-0.4, -0.2) is 13.0 Å². The Bertz CT molecular complexity index is 605. The summed E-state index contributed by atoms with van der Waals surface area (Å²) in [6.45, 7) is 0. The molecule has 1 saturated carbocycles. The molecule has 2 aromatic carbocycles. The lowest BCUT2D eigenvalue weighted by Crippen LogP contribution is -2.27. The summed E-state index contributed by atoms with van der Waals surface area (Å²) in [5.41, 5.74) is 0.813. The quantitative estimate of drug-likeness (QED) is 0.842. The zero-order valence-corrected chi connectivity index (χ0v) is 11.5. The van der Waals surface area contributed by atoms with Gasteiger partial charge in [-0.05, 0) is 37.1 Å². The predicted octanol–water partition coefficient (Wildman–Crippen LogP) is 3.85. The highest BCUT2D eigenvalue weighted by Crippen LogP contribution is 2.36. The van der Waals surface area contributed by atoms with Crippen molar-refractivity contribution in [2.75, 3.05) is 11.9 Å². The van der Waals surface area contributed by atoms with Crippen molar-refractivity contribution in [2.45, 2.75) is 12.8 Å². The first-order chi connectivity index (χ1) is 9.75. The van der Waals surface area contributed by atoms with Crippen molar-refractivity contribution in [1.82, 2.24) is 0 Å². The molecule has 3 nitrogen and oxygen atoms in total. The molecule has 3 heteroatoms. The van der Waals surface area contributed by atoms with E-state index in [2.05, 4.69) is 0 Å². The van der Waals surface area contributed by atoms with Gasteiger partial charge in [0, 0.05) is 13.0 Å². The molecule has 0 spiro atoms. The van der Waals surface area contributed by atoms with Crippen LogP contribution < -0.4 is 9.64 Å². The minimum atomic E-state index is 0.175. The van der Waals surface area contributed by atoms with E-state index in [9.17, 15) is 4.79 Å². The number of rotatable bonds is 4. The SMILES string of the molecule is CN(C(=O)C1CC1)c1ccccc1Oc1ccccc1. The summed E-state index contributed by atoms with van der Waals surface area (Å²) in [7, 11) is 1.81. The maximum absolute atomic E-state index is 12.2. The average molecular weight is 267 g/mol. The summed E-state index contributed by atoms with van der Waals surface area (Å²) in [4.78, 5) is 13.9. The summed E-state index contributed by atoms with van der Waals surface area (Å²) in [5.74, 6) is 1.85. The Morgan fingerprint density at radius 2 is 1.70 bits per heavy atom. The van der Waals surface area contributed by atoms with Crippen LogP contribution in [0.15, 0.2) is 54.6 Å². The minimum absolute atomic E-state index is 0.175. The van der Waals surface area contributed by atoms with Crippen LogP contribution in [0.25, 0.3) is 0 Å². The van der Waals surface area contributed by atoms with Crippen LogP contribution >= 0.6 is 0 Å². The molecular weight excluding hydrogens is 250 g/mol. The van der Waals surface area contributed by atoms with E-state index in [0.29, 0.717) is 5.75 Å². The molecule has 0 N–H and O–H groups in total. The Morgan fingerprint density at radius 1 is 1.05 bits per heavy atom. The van der Waals surface area contributed by atoms with Gasteiger partial charge in [0.1, 0.15) is 5.75 Å². The Hall–Kier alpha value is -2.29. The second kappa shape index (κ2) is 5.37. The number of carbonyl (C=O) groups excluding carboxylic acids is 1. The molecule has 0 atom stereocenters. The summed E-state index contributed by atoms with van der Waals surface area (Å²) < 4.78 is 5.89. The van der Waals surface area contributed by atoms with E-state index >= 15 is 0 Å². The molecule has 1 aliphatic rings. The maximum Gasteiger partial charge on any atom is 0.229 e. The molecule has 0 heterocycles. The van der Waals surface area contributed by atoms with E-state index in [0.717, 1.165) is 24.3 Å². The van der Waals surface area contributed by atoms with Gasteiger partial charge >= 0.3 is 0 Å². The van der Waals surface area contributed by atoms with Crippen molar-refractivity contribution in [1.29, 1.82) is 0 Å². The summed E-state index contributed by atoms with van der Waals surface area (Å²) in [6, 6.07) is 17.2. The average Bonchev–Trinajstić information content (AvgIpc) is 3.32. The van der Waals surface area contributed by atoms with Crippen LogP contribution in [0.5, 0.6) is 11.5 Å². The normalized spacial score (nSPS) is 13.8. The number of amides is 1. The molecule has 1 fully saturated rings. The molecule has 102 valence electrons. The second-order valence-corrected chi connectivity index (χ2v) is 5.05. The molecule has 1 amide bonds. The summed E-state index contributed by atoms with van der Waals surface area (Å²) in [5, 5.41) is 0. The highest BCUT2D eigenvalue weighted by molar-refractivity contribution is 5.97. The standard InChI is InChI=1S/C17H17NO2/c1-18(17(19)13-11-12-13)15-9-5-6-10-16(15)20-14-7-3-2-4-8-14/h2-10,13H,11-12H2,1H3. The third-order valence-electron chi connectivity index (χ3n) is 3.45. The molecule has 0 saturated heterocycles. The smallest absolute Gasteiger partial charge is 0.229 e. The molecule has 0 radical (unpaired) electrons. The van der Waals surface area contributed by atoms with Crippen molar-refractivity contribution in [3.8, 4) is 11.5 Å². The van der Waals surface area contributed by atoms with Crippen molar-refractivity contribution >= 4 is 11.6 Å². The van der Waals surface area contributed by atoms with Gasteiger partial charge < -0.3 is 9.64 Å². The first-order valence-electron chi connectivity index (χ1n) is 6.85. The van der Waals surface area contributed by atoms with Crippen LogP contribution in [-0.2, 0) is 4.79 Å². The molecular formula is C17H17NO2. The number of ether oxygens (including phenoxy) is 1. The number of carbonyl (C=O) groups is 1. The fraction of sp³-hybridized carbons (Fsp3) is 0.235. The molecule has 2 aromatic rings. The van der Waals surface area contributed by atoms with E-state index in [1.165, 1.54) is 0 Å². The number of benzene rings is 2. The lowest BCUT2D eigenvalue weighted by atomic mass is 10.2. The third-order valence-corrected chi connectivity index (χ3v) is 3.45. The molecule has 0 unspecified atom stereocenters. The lowest BCUT2D eigenvalue weighted by Gasteiger charge is -2.20.